The molecule has 1 aromatic rings. The number of aromatic nitrogens is 2. The molecule has 0 saturated heterocycles. The molecular weight excluding hydrogens is 240 g/mol. The molecule has 2 N–H and O–H groups in total. The lowest BCUT2D eigenvalue weighted by Crippen LogP contribution is -2.24. The van der Waals surface area contributed by atoms with Gasteiger partial charge in [0.25, 0.3) is 0 Å². The lowest BCUT2D eigenvalue weighted by Gasteiger charge is -2.21. The van der Waals surface area contributed by atoms with E-state index in [1.54, 1.807) is 7.11 Å². The minimum atomic E-state index is 0.504. The molecule has 0 aromatic carbocycles. The molecule has 0 spiro atoms. The molecule has 1 saturated carbocycles. The van der Waals surface area contributed by atoms with Crippen LogP contribution < -0.4 is 10.5 Å². The predicted octanol–water partition coefficient (Wildman–Crippen LogP) is 1.30. The maximum atomic E-state index is 5.92. The number of nitrogens with two attached hydrogens (primary N) is 1. The first-order valence-corrected chi connectivity index (χ1v) is 7.11. The highest BCUT2D eigenvalue weighted by atomic mass is 16.5. The Labute approximate surface area is 115 Å². The Bertz CT molecular complexity index is 402. The van der Waals surface area contributed by atoms with Gasteiger partial charge in [-0.3, -0.25) is 4.68 Å². The molecule has 1 aliphatic rings. The van der Waals surface area contributed by atoms with Gasteiger partial charge in [0.15, 0.2) is 5.75 Å². The number of likely N-dealkylation sites (N-methyl/N-ethyl adjacent to an activating group) is 1. The largest absolute Gasteiger partial charge is 0.493 e. The van der Waals surface area contributed by atoms with E-state index in [9.17, 15) is 0 Å². The molecule has 0 bridgehead atoms. The van der Waals surface area contributed by atoms with Gasteiger partial charge < -0.3 is 15.4 Å². The van der Waals surface area contributed by atoms with Crippen molar-refractivity contribution in [3.05, 3.63) is 11.9 Å². The van der Waals surface area contributed by atoms with Crippen molar-refractivity contribution in [2.24, 2.45) is 11.7 Å². The number of methoxy groups -OCH3 is 1. The van der Waals surface area contributed by atoms with Crippen LogP contribution in [-0.4, -0.2) is 49.0 Å². The Morgan fingerprint density at radius 3 is 2.89 bits per heavy atom. The SMILES string of the molecule is COc1cnn(CCN(C)C)c1C1CCCC1CN. The molecule has 0 radical (unpaired) electrons. The van der Waals surface area contributed by atoms with Crippen LogP contribution in [0, 0.1) is 5.92 Å². The van der Waals surface area contributed by atoms with Crippen LogP contribution >= 0.6 is 0 Å². The van der Waals surface area contributed by atoms with Gasteiger partial charge >= 0.3 is 0 Å². The van der Waals surface area contributed by atoms with Crippen LogP contribution in [0.5, 0.6) is 5.75 Å². The van der Waals surface area contributed by atoms with Crippen LogP contribution in [0.4, 0.5) is 0 Å². The van der Waals surface area contributed by atoms with Crippen molar-refractivity contribution in [2.75, 3.05) is 34.3 Å². The van der Waals surface area contributed by atoms with Crippen molar-refractivity contribution in [1.29, 1.82) is 0 Å². The fourth-order valence-corrected chi connectivity index (χ4v) is 3.06. The van der Waals surface area contributed by atoms with Gasteiger partial charge in [0, 0.05) is 12.5 Å². The lowest BCUT2D eigenvalue weighted by molar-refractivity contribution is 0.352. The molecule has 1 aromatic heterocycles. The van der Waals surface area contributed by atoms with E-state index < -0.39 is 0 Å². The van der Waals surface area contributed by atoms with Crippen molar-refractivity contribution in [3.8, 4) is 5.75 Å². The van der Waals surface area contributed by atoms with Crippen molar-refractivity contribution in [1.82, 2.24) is 14.7 Å². The zero-order chi connectivity index (χ0) is 13.8. The number of rotatable bonds is 6. The standard InChI is InChI=1S/C14H26N4O/c1-17(2)7-8-18-14(13(19-3)10-16-18)12-6-4-5-11(12)9-15/h10-12H,4-9,15H2,1-3H3. The number of hydrogen-bond acceptors (Lipinski definition) is 4. The average molecular weight is 266 g/mol. The second kappa shape index (κ2) is 6.39. The maximum absolute atomic E-state index is 5.92. The quantitative estimate of drug-likeness (QED) is 0.843. The minimum absolute atomic E-state index is 0.504. The molecule has 2 rings (SSSR count). The topological polar surface area (TPSA) is 56.3 Å². The highest BCUT2D eigenvalue weighted by molar-refractivity contribution is 5.30. The zero-order valence-electron chi connectivity index (χ0n) is 12.3. The summed E-state index contributed by atoms with van der Waals surface area (Å²) in [6.45, 7) is 2.64. The summed E-state index contributed by atoms with van der Waals surface area (Å²) in [5.74, 6) is 2.00. The van der Waals surface area contributed by atoms with Crippen LogP contribution in [0.15, 0.2) is 6.20 Å². The van der Waals surface area contributed by atoms with Gasteiger partial charge in [0.1, 0.15) is 0 Å². The molecule has 0 amide bonds. The van der Waals surface area contributed by atoms with Crippen LogP contribution in [0.1, 0.15) is 30.9 Å². The predicted molar refractivity (Wildman–Crippen MR) is 76.5 cm³/mol. The third-order valence-electron chi connectivity index (χ3n) is 4.14. The Morgan fingerprint density at radius 2 is 2.26 bits per heavy atom. The van der Waals surface area contributed by atoms with E-state index in [1.165, 1.54) is 25.0 Å². The molecule has 108 valence electrons. The summed E-state index contributed by atoms with van der Waals surface area (Å²) >= 11 is 0. The smallest absolute Gasteiger partial charge is 0.160 e. The summed E-state index contributed by atoms with van der Waals surface area (Å²) in [4.78, 5) is 2.17. The van der Waals surface area contributed by atoms with Crippen LogP contribution in [-0.2, 0) is 6.54 Å². The maximum Gasteiger partial charge on any atom is 0.160 e. The molecule has 2 unspecified atom stereocenters. The Balaban J connectivity index is 2.23. The number of ether oxygens (including phenoxy) is 1. The van der Waals surface area contributed by atoms with Gasteiger partial charge in [-0.2, -0.15) is 5.10 Å². The fraction of sp³-hybridized carbons (Fsp3) is 0.786. The third kappa shape index (κ3) is 3.09. The third-order valence-corrected chi connectivity index (χ3v) is 4.14. The van der Waals surface area contributed by atoms with Crippen molar-refractivity contribution >= 4 is 0 Å². The molecule has 0 aliphatic heterocycles. The molecule has 5 heteroatoms. The highest BCUT2D eigenvalue weighted by Gasteiger charge is 2.32. The van der Waals surface area contributed by atoms with E-state index in [0.717, 1.165) is 25.4 Å². The first kappa shape index (κ1) is 14.3. The summed E-state index contributed by atoms with van der Waals surface area (Å²) in [7, 11) is 5.89. The van der Waals surface area contributed by atoms with E-state index >= 15 is 0 Å². The van der Waals surface area contributed by atoms with E-state index in [2.05, 4.69) is 28.8 Å². The molecule has 2 atom stereocenters. The molecule has 1 fully saturated rings. The Kier molecular flexibility index (Phi) is 4.82. The van der Waals surface area contributed by atoms with Gasteiger partial charge in [-0.15, -0.1) is 0 Å². The summed E-state index contributed by atoms with van der Waals surface area (Å²) in [5.41, 5.74) is 7.16. The Morgan fingerprint density at radius 1 is 1.47 bits per heavy atom. The minimum Gasteiger partial charge on any atom is -0.493 e. The fourth-order valence-electron chi connectivity index (χ4n) is 3.06. The number of nitrogens with zero attached hydrogens (tertiary/aromatic N) is 3. The normalized spacial score (nSPS) is 23.2. The molecule has 5 nitrogen and oxygen atoms in total. The van der Waals surface area contributed by atoms with Gasteiger partial charge in [-0.05, 0) is 39.4 Å². The van der Waals surface area contributed by atoms with E-state index in [4.69, 9.17) is 10.5 Å². The van der Waals surface area contributed by atoms with Crippen molar-refractivity contribution in [2.45, 2.75) is 31.7 Å². The zero-order valence-corrected chi connectivity index (χ0v) is 12.3. The lowest BCUT2D eigenvalue weighted by atomic mass is 9.92. The molecule has 1 aliphatic carbocycles. The first-order valence-electron chi connectivity index (χ1n) is 7.11. The van der Waals surface area contributed by atoms with Gasteiger partial charge in [-0.1, -0.05) is 6.42 Å². The summed E-state index contributed by atoms with van der Waals surface area (Å²) < 4.78 is 7.61. The van der Waals surface area contributed by atoms with E-state index in [-0.39, 0.29) is 0 Å². The van der Waals surface area contributed by atoms with Crippen molar-refractivity contribution < 1.29 is 4.74 Å². The average Bonchev–Trinajstić information content (AvgIpc) is 3.01. The van der Waals surface area contributed by atoms with Gasteiger partial charge in [0.05, 0.1) is 25.5 Å². The van der Waals surface area contributed by atoms with E-state index in [0.29, 0.717) is 11.8 Å². The number of hydrogen-bond donors (Lipinski definition) is 1. The molecule has 1 heterocycles. The van der Waals surface area contributed by atoms with Gasteiger partial charge in [-0.25, -0.2) is 0 Å². The second-order valence-electron chi connectivity index (χ2n) is 5.66. The van der Waals surface area contributed by atoms with Crippen LogP contribution in [0.25, 0.3) is 0 Å². The monoisotopic (exact) mass is 266 g/mol. The molecular formula is C14H26N4O. The van der Waals surface area contributed by atoms with E-state index in [1.807, 2.05) is 6.20 Å². The van der Waals surface area contributed by atoms with Crippen molar-refractivity contribution in [3.63, 3.8) is 0 Å². The van der Waals surface area contributed by atoms with Gasteiger partial charge in [0.2, 0.25) is 0 Å². The van der Waals surface area contributed by atoms with Crippen LogP contribution in [0.3, 0.4) is 0 Å². The first-order chi connectivity index (χ1) is 9.17. The molecule has 19 heavy (non-hydrogen) atoms. The van der Waals surface area contributed by atoms with Crippen LogP contribution in [0.2, 0.25) is 0 Å². The second-order valence-corrected chi connectivity index (χ2v) is 5.66. The summed E-state index contributed by atoms with van der Waals surface area (Å²) in [6.07, 6.45) is 5.53. The summed E-state index contributed by atoms with van der Waals surface area (Å²) in [6, 6.07) is 0. The Hall–Kier alpha value is -1.07. The summed E-state index contributed by atoms with van der Waals surface area (Å²) in [5, 5.41) is 4.50. The highest BCUT2D eigenvalue weighted by Crippen LogP contribution is 2.42.